The van der Waals surface area contributed by atoms with E-state index in [4.69, 9.17) is 9.26 Å². The van der Waals surface area contributed by atoms with Gasteiger partial charge in [-0.3, -0.25) is 4.98 Å². The van der Waals surface area contributed by atoms with Gasteiger partial charge in [-0.15, -0.1) is 0 Å². The summed E-state index contributed by atoms with van der Waals surface area (Å²) in [7, 11) is 1.68. The van der Waals surface area contributed by atoms with Gasteiger partial charge in [-0.2, -0.15) is 13.2 Å². The molecule has 8 heteroatoms. The predicted octanol–water partition coefficient (Wildman–Crippen LogP) is 4.55. The number of anilines is 1. The highest BCUT2D eigenvalue weighted by molar-refractivity contribution is 5.92. The zero-order chi connectivity index (χ0) is 20.8. The van der Waals surface area contributed by atoms with E-state index in [0.717, 1.165) is 29.3 Å². The molecule has 1 saturated heterocycles. The second kappa shape index (κ2) is 7.33. The Morgan fingerprint density at radius 3 is 2.59 bits per heavy atom. The van der Waals surface area contributed by atoms with Gasteiger partial charge < -0.3 is 14.2 Å². The number of methoxy groups -OCH3 is 1. The number of rotatable bonds is 4. The number of aryl methyl sites for hydroxylation is 2. The summed E-state index contributed by atoms with van der Waals surface area (Å²) in [4.78, 5) is 6.49. The Kier molecular flexibility index (Phi) is 4.98. The van der Waals surface area contributed by atoms with E-state index >= 15 is 0 Å². The van der Waals surface area contributed by atoms with Crippen LogP contribution in [0.15, 0.2) is 34.9 Å². The monoisotopic (exact) mass is 405 g/mol. The molecule has 2 atom stereocenters. The Bertz CT molecular complexity index is 1030. The van der Waals surface area contributed by atoms with Gasteiger partial charge in [0.2, 0.25) is 0 Å². The number of fused-ring (bicyclic) bond motifs is 1. The molecule has 0 amide bonds. The van der Waals surface area contributed by atoms with E-state index in [9.17, 15) is 13.2 Å². The smallest absolute Gasteiger partial charge is 0.379 e. The third-order valence-electron chi connectivity index (χ3n) is 5.41. The van der Waals surface area contributed by atoms with Crippen molar-refractivity contribution >= 4 is 16.6 Å². The fourth-order valence-electron chi connectivity index (χ4n) is 4.05. The van der Waals surface area contributed by atoms with Crippen molar-refractivity contribution < 1.29 is 22.4 Å². The average Bonchev–Trinajstić information content (AvgIpc) is 3.25. The molecule has 0 aliphatic carbocycles. The van der Waals surface area contributed by atoms with Gasteiger partial charge in [0.15, 0.2) is 0 Å². The molecule has 1 aliphatic heterocycles. The van der Waals surface area contributed by atoms with Gasteiger partial charge in [-0.25, -0.2) is 0 Å². The van der Waals surface area contributed by atoms with Crippen molar-refractivity contribution in [2.45, 2.75) is 32.5 Å². The molecule has 4 rings (SSSR count). The second-order valence-electron chi connectivity index (χ2n) is 7.59. The maximum absolute atomic E-state index is 13.1. The van der Waals surface area contributed by atoms with Crippen molar-refractivity contribution in [2.75, 3.05) is 25.1 Å². The Balaban J connectivity index is 1.66. The van der Waals surface area contributed by atoms with E-state index < -0.39 is 11.7 Å². The van der Waals surface area contributed by atoms with Gasteiger partial charge in [0.05, 0.1) is 22.9 Å². The molecule has 2 aromatic heterocycles. The Morgan fingerprint density at radius 2 is 1.93 bits per heavy atom. The summed E-state index contributed by atoms with van der Waals surface area (Å²) in [5.74, 6) is 0.993. The molecule has 0 spiro atoms. The number of nitrogens with zero attached hydrogens (tertiary/aromatic N) is 3. The van der Waals surface area contributed by atoms with Gasteiger partial charge in [0.25, 0.3) is 0 Å². The van der Waals surface area contributed by atoms with Crippen LogP contribution in [-0.4, -0.2) is 36.4 Å². The minimum atomic E-state index is -4.39. The summed E-state index contributed by atoms with van der Waals surface area (Å²) in [5, 5.41) is 4.64. The second-order valence-corrected chi connectivity index (χ2v) is 7.59. The van der Waals surface area contributed by atoms with Crippen LogP contribution in [0, 0.1) is 19.8 Å². The van der Waals surface area contributed by atoms with Gasteiger partial charge >= 0.3 is 6.18 Å². The molecular formula is C21H22F3N3O2. The number of aromatic nitrogens is 2. The summed E-state index contributed by atoms with van der Waals surface area (Å²) in [6, 6.07) is 7.57. The number of ether oxygens (including phenoxy) is 1. The Morgan fingerprint density at radius 1 is 1.14 bits per heavy atom. The molecule has 0 radical (unpaired) electrons. The Hall–Kier alpha value is -2.61. The van der Waals surface area contributed by atoms with E-state index in [1.165, 1.54) is 6.07 Å². The molecule has 1 fully saturated rings. The minimum Gasteiger partial charge on any atom is -0.379 e. The first kappa shape index (κ1) is 19.7. The molecular weight excluding hydrogens is 383 g/mol. The third-order valence-corrected chi connectivity index (χ3v) is 5.41. The Labute approximate surface area is 166 Å². The number of alkyl halides is 3. The van der Waals surface area contributed by atoms with Crippen molar-refractivity contribution in [3.63, 3.8) is 0 Å². The quantitative estimate of drug-likeness (QED) is 0.637. The highest BCUT2D eigenvalue weighted by Crippen LogP contribution is 2.36. The fraction of sp³-hybridized carbons (Fsp3) is 0.429. The lowest BCUT2D eigenvalue weighted by Gasteiger charge is -2.21. The maximum Gasteiger partial charge on any atom is 0.416 e. The molecule has 3 heterocycles. The van der Waals surface area contributed by atoms with Gasteiger partial charge in [-0.05, 0) is 32.0 Å². The topological polar surface area (TPSA) is 51.4 Å². The largest absolute Gasteiger partial charge is 0.416 e. The standard InChI is InChI=1S/C21H22F3N3O2/c1-12-7-19(17-5-4-15(21(22,23)24)9-18(17)25-12)27-10-14(20(11-27)28-3)8-16-6-13(2)26-29-16/h4-7,9,14,20H,8,10-11H2,1-3H3/t14-,20+/m1/s1. The van der Waals surface area contributed by atoms with Crippen LogP contribution < -0.4 is 4.90 Å². The van der Waals surface area contributed by atoms with Crippen LogP contribution in [-0.2, 0) is 17.3 Å². The molecule has 0 saturated carbocycles. The highest BCUT2D eigenvalue weighted by Gasteiger charge is 2.35. The molecule has 5 nitrogen and oxygen atoms in total. The normalized spacial score (nSPS) is 20.0. The van der Waals surface area contributed by atoms with Crippen molar-refractivity contribution in [3.8, 4) is 0 Å². The van der Waals surface area contributed by atoms with Crippen LogP contribution in [0.5, 0.6) is 0 Å². The van der Waals surface area contributed by atoms with Crippen molar-refractivity contribution in [2.24, 2.45) is 5.92 Å². The maximum atomic E-state index is 13.1. The third kappa shape index (κ3) is 3.94. The predicted molar refractivity (Wildman–Crippen MR) is 103 cm³/mol. The van der Waals surface area contributed by atoms with Gasteiger partial charge in [0.1, 0.15) is 5.76 Å². The molecule has 0 unspecified atom stereocenters. The molecule has 1 aromatic carbocycles. The molecule has 3 aromatic rings. The lowest BCUT2D eigenvalue weighted by atomic mass is 10.0. The lowest BCUT2D eigenvalue weighted by Crippen LogP contribution is -2.23. The van der Waals surface area contributed by atoms with Crippen molar-refractivity contribution in [1.29, 1.82) is 0 Å². The van der Waals surface area contributed by atoms with E-state index in [-0.39, 0.29) is 12.0 Å². The molecule has 154 valence electrons. The van der Waals surface area contributed by atoms with Crippen molar-refractivity contribution in [1.82, 2.24) is 10.1 Å². The molecule has 0 bridgehead atoms. The average molecular weight is 405 g/mol. The van der Waals surface area contributed by atoms with Crippen LogP contribution in [0.3, 0.4) is 0 Å². The van der Waals surface area contributed by atoms with E-state index in [1.807, 2.05) is 19.1 Å². The van der Waals surface area contributed by atoms with Crippen LogP contribution in [0.25, 0.3) is 10.9 Å². The van der Waals surface area contributed by atoms with Gasteiger partial charge in [-0.1, -0.05) is 11.2 Å². The summed E-state index contributed by atoms with van der Waals surface area (Å²) < 4.78 is 50.4. The molecule has 0 N–H and O–H groups in total. The molecule has 1 aliphatic rings. The van der Waals surface area contributed by atoms with Crippen LogP contribution in [0.4, 0.5) is 18.9 Å². The highest BCUT2D eigenvalue weighted by atomic mass is 19.4. The van der Waals surface area contributed by atoms with Crippen LogP contribution in [0.1, 0.15) is 22.7 Å². The van der Waals surface area contributed by atoms with Crippen molar-refractivity contribution in [3.05, 3.63) is 53.0 Å². The number of benzene rings is 1. The van der Waals surface area contributed by atoms with Crippen LogP contribution >= 0.6 is 0 Å². The minimum absolute atomic E-state index is 0.0154. The van der Waals surface area contributed by atoms with E-state index in [2.05, 4.69) is 15.0 Å². The van der Waals surface area contributed by atoms with Gasteiger partial charge in [0, 0.05) is 55.4 Å². The first-order valence-corrected chi connectivity index (χ1v) is 9.43. The van der Waals surface area contributed by atoms with Crippen LogP contribution in [0.2, 0.25) is 0 Å². The summed E-state index contributed by atoms with van der Waals surface area (Å²) in [5.41, 5.74) is 2.04. The lowest BCUT2D eigenvalue weighted by molar-refractivity contribution is -0.137. The first-order valence-electron chi connectivity index (χ1n) is 9.43. The first-order chi connectivity index (χ1) is 13.7. The molecule has 29 heavy (non-hydrogen) atoms. The fourth-order valence-corrected chi connectivity index (χ4v) is 4.05. The number of hydrogen-bond acceptors (Lipinski definition) is 5. The number of halogens is 3. The summed E-state index contributed by atoms with van der Waals surface area (Å²) >= 11 is 0. The zero-order valence-corrected chi connectivity index (χ0v) is 16.5. The van der Waals surface area contributed by atoms with E-state index in [0.29, 0.717) is 36.1 Å². The SMILES string of the molecule is CO[C@H]1CN(c2cc(C)nc3cc(C(F)(F)F)ccc23)C[C@H]1Cc1cc(C)no1. The summed E-state index contributed by atoms with van der Waals surface area (Å²) in [6.45, 7) is 5.02. The summed E-state index contributed by atoms with van der Waals surface area (Å²) in [6.07, 6.45) is -3.72. The van der Waals surface area contributed by atoms with E-state index in [1.54, 1.807) is 14.0 Å². The number of hydrogen-bond donors (Lipinski definition) is 0. The zero-order valence-electron chi connectivity index (χ0n) is 16.5. The number of pyridine rings is 1.